The molecule has 0 aromatic heterocycles. The van der Waals surface area contributed by atoms with E-state index in [2.05, 4.69) is 38.8 Å². The van der Waals surface area contributed by atoms with E-state index in [-0.39, 0.29) is 36.9 Å². The molecule has 1 aliphatic rings. The lowest BCUT2D eigenvalue weighted by atomic mass is 9.88. The number of likely N-dealkylation sites (N-methyl/N-ethyl adjacent to an activating group) is 1. The zero-order valence-corrected chi connectivity index (χ0v) is 26.7. The van der Waals surface area contributed by atoms with E-state index in [0.717, 1.165) is 12.8 Å². The molecule has 0 aliphatic carbocycles. The highest BCUT2D eigenvalue weighted by atomic mass is 16.7. The number of methoxy groups -OCH3 is 3. The van der Waals surface area contributed by atoms with Gasteiger partial charge in [0.05, 0.1) is 25.4 Å². The number of carbonyl (C=O) groups is 1. The number of esters is 1. The lowest BCUT2D eigenvalue weighted by Gasteiger charge is -2.39. The highest BCUT2D eigenvalue weighted by molar-refractivity contribution is 5.82. The third kappa shape index (κ3) is 15.1. The van der Waals surface area contributed by atoms with Gasteiger partial charge >= 0.3 is 5.97 Å². The number of allylic oxidation sites excluding steroid dienone is 4. The molecular formula is C33H53NO8. The molecule has 0 saturated carbocycles. The van der Waals surface area contributed by atoms with Crippen LogP contribution in [0.2, 0.25) is 0 Å². The van der Waals surface area contributed by atoms with Crippen molar-refractivity contribution in [1.29, 1.82) is 0 Å². The Labute approximate surface area is 253 Å². The summed E-state index contributed by atoms with van der Waals surface area (Å²) in [5.74, 6) is 2.25. The Balaban J connectivity index is 3.18. The van der Waals surface area contributed by atoms with E-state index in [1.165, 1.54) is 6.08 Å². The maximum absolute atomic E-state index is 11.9. The Bertz CT molecular complexity index is 916. The molecule has 1 heterocycles. The summed E-state index contributed by atoms with van der Waals surface area (Å²) in [4.78, 5) is 14.1. The van der Waals surface area contributed by atoms with Crippen LogP contribution in [-0.4, -0.2) is 94.9 Å². The fraction of sp³-hybridized carbons (Fsp3) is 0.667. The summed E-state index contributed by atoms with van der Waals surface area (Å²) in [7, 11) is 8.90. The lowest BCUT2D eigenvalue weighted by Crippen LogP contribution is -2.46. The quantitative estimate of drug-likeness (QED) is 0.0576. The van der Waals surface area contributed by atoms with Gasteiger partial charge in [-0.05, 0) is 77.6 Å². The van der Waals surface area contributed by atoms with Crippen LogP contribution in [0.15, 0.2) is 48.3 Å². The van der Waals surface area contributed by atoms with Crippen molar-refractivity contribution in [3.63, 3.8) is 0 Å². The number of hydrogen-bond acceptors (Lipinski definition) is 9. The fourth-order valence-corrected chi connectivity index (χ4v) is 4.90. The minimum atomic E-state index is -0.548. The Morgan fingerprint density at radius 2 is 1.83 bits per heavy atom. The number of hydrogen-bond donors (Lipinski definition) is 1. The van der Waals surface area contributed by atoms with Crippen LogP contribution in [0, 0.1) is 24.2 Å². The monoisotopic (exact) mass is 591 g/mol. The van der Waals surface area contributed by atoms with Crippen molar-refractivity contribution in [3.05, 3.63) is 48.3 Å². The van der Waals surface area contributed by atoms with Gasteiger partial charge in [0, 0.05) is 32.8 Å². The molecule has 1 saturated heterocycles. The zero-order valence-electron chi connectivity index (χ0n) is 26.7. The van der Waals surface area contributed by atoms with Gasteiger partial charge in [0.1, 0.15) is 5.76 Å². The number of ether oxygens (including phenoxy) is 6. The second kappa shape index (κ2) is 21.3. The molecule has 9 heteroatoms. The third-order valence-corrected chi connectivity index (χ3v) is 7.18. The summed E-state index contributed by atoms with van der Waals surface area (Å²) in [5, 5.41) is 9.57. The van der Waals surface area contributed by atoms with Gasteiger partial charge in [0.25, 0.3) is 0 Å². The van der Waals surface area contributed by atoms with E-state index in [4.69, 9.17) is 34.8 Å². The summed E-state index contributed by atoms with van der Waals surface area (Å²) in [6, 6.07) is 0.346. The zero-order chi connectivity index (χ0) is 31.5. The van der Waals surface area contributed by atoms with Crippen molar-refractivity contribution in [2.75, 3.05) is 42.0 Å². The summed E-state index contributed by atoms with van der Waals surface area (Å²) in [5.41, 5.74) is 0. The smallest absolute Gasteiger partial charge is 0.331 e. The van der Waals surface area contributed by atoms with Crippen LogP contribution >= 0.6 is 0 Å². The lowest BCUT2D eigenvalue weighted by molar-refractivity contribution is -0.224. The summed E-state index contributed by atoms with van der Waals surface area (Å²) < 4.78 is 34.3. The summed E-state index contributed by atoms with van der Waals surface area (Å²) in [6.07, 6.45) is 20.1. The van der Waals surface area contributed by atoms with Crippen molar-refractivity contribution in [2.45, 2.75) is 89.8 Å². The van der Waals surface area contributed by atoms with Gasteiger partial charge in [0.2, 0.25) is 0 Å². The molecule has 9 nitrogen and oxygen atoms in total. The molecule has 7 atom stereocenters. The van der Waals surface area contributed by atoms with E-state index in [0.29, 0.717) is 31.1 Å². The first kappa shape index (κ1) is 37.6. The van der Waals surface area contributed by atoms with Gasteiger partial charge in [0.15, 0.2) is 19.2 Å². The number of carbonyl (C=O) groups excluding carboxylic acids is 1. The number of rotatable bonds is 19. The second-order valence-electron chi connectivity index (χ2n) is 10.9. The molecule has 0 amide bonds. The van der Waals surface area contributed by atoms with E-state index >= 15 is 0 Å². The molecule has 1 N–H and O–H groups in total. The topological polar surface area (TPSA) is 95.9 Å². The van der Waals surface area contributed by atoms with E-state index < -0.39 is 18.4 Å². The van der Waals surface area contributed by atoms with Crippen molar-refractivity contribution >= 4 is 5.97 Å². The standard InChI is InChI=1S/C33H53NO8/c1-10-20-40-31(36)18-16-28(37-7)22-27(23-33(38-8)39-9)21-24(2)30(15-13-11-12-14-25(3)35)42-32-19-17-29(34(5)6)26(4)41-32/h1,11-13,15-16,18,22,24-27,29-30,32-33,35H,14,17,19-21,23H2,2-9H3/b12-11+,15-13+,18-16+,28-22-/t24-,25-,26-,27+,29+,30+,32?/m1/s1. The molecule has 1 unspecified atom stereocenters. The molecular weight excluding hydrogens is 538 g/mol. The molecule has 0 spiro atoms. The number of nitrogens with zero attached hydrogens (tertiary/aromatic N) is 1. The van der Waals surface area contributed by atoms with E-state index in [1.54, 1.807) is 34.3 Å². The largest absolute Gasteiger partial charge is 0.497 e. The molecule has 1 fully saturated rings. The molecule has 1 aliphatic heterocycles. The maximum Gasteiger partial charge on any atom is 0.331 e. The van der Waals surface area contributed by atoms with Crippen molar-refractivity contribution in [1.82, 2.24) is 4.90 Å². The fourth-order valence-electron chi connectivity index (χ4n) is 4.90. The van der Waals surface area contributed by atoms with Gasteiger partial charge in [-0.15, -0.1) is 6.42 Å². The van der Waals surface area contributed by atoms with Crippen LogP contribution < -0.4 is 0 Å². The Morgan fingerprint density at radius 1 is 1.12 bits per heavy atom. The Hall–Kier alpha value is -2.45. The Kier molecular flexibility index (Phi) is 19.0. The van der Waals surface area contributed by atoms with E-state index in [9.17, 15) is 9.90 Å². The molecule has 0 radical (unpaired) electrons. The van der Waals surface area contributed by atoms with Crippen molar-refractivity contribution in [3.8, 4) is 12.3 Å². The first-order valence-corrected chi connectivity index (χ1v) is 14.6. The van der Waals surface area contributed by atoms with Crippen LogP contribution in [0.1, 0.15) is 52.9 Å². The first-order chi connectivity index (χ1) is 20.0. The van der Waals surface area contributed by atoms with Crippen molar-refractivity contribution in [2.24, 2.45) is 11.8 Å². The van der Waals surface area contributed by atoms with Crippen molar-refractivity contribution < 1.29 is 38.3 Å². The van der Waals surface area contributed by atoms with Crippen LogP contribution in [0.4, 0.5) is 0 Å². The molecule has 238 valence electrons. The molecule has 0 aromatic carbocycles. The molecule has 0 aromatic rings. The minimum absolute atomic E-state index is 0.0409. The number of aliphatic hydroxyl groups excluding tert-OH is 1. The second-order valence-corrected chi connectivity index (χ2v) is 10.9. The highest BCUT2D eigenvalue weighted by Gasteiger charge is 2.32. The minimum Gasteiger partial charge on any atom is -0.497 e. The SMILES string of the molecule is C#CCOC(=O)/C=C/C(=C/[C@@H](CC(OC)OC)C[C@@H](C)[C@H](/C=C/C=C/C[C@@H](C)O)OC1CC[C@H](N(C)C)[C@@H](C)O1)OC. The maximum atomic E-state index is 11.9. The predicted molar refractivity (Wildman–Crippen MR) is 164 cm³/mol. The third-order valence-electron chi connectivity index (χ3n) is 7.18. The number of aliphatic hydroxyl groups is 1. The van der Waals surface area contributed by atoms with Crippen LogP contribution in [-0.2, 0) is 33.2 Å². The molecule has 42 heavy (non-hydrogen) atoms. The average Bonchev–Trinajstić information content (AvgIpc) is 2.95. The molecule has 0 bridgehead atoms. The van der Waals surface area contributed by atoms with Gasteiger partial charge in [-0.2, -0.15) is 0 Å². The number of terminal acetylenes is 1. The highest BCUT2D eigenvalue weighted by Crippen LogP contribution is 2.30. The van der Waals surface area contributed by atoms with Crippen LogP contribution in [0.3, 0.4) is 0 Å². The van der Waals surface area contributed by atoms with Gasteiger partial charge in [-0.1, -0.05) is 37.1 Å². The van der Waals surface area contributed by atoms with Gasteiger partial charge in [-0.3, -0.25) is 0 Å². The van der Waals surface area contributed by atoms with Gasteiger partial charge < -0.3 is 38.4 Å². The molecule has 1 rings (SSSR count). The van der Waals surface area contributed by atoms with Crippen LogP contribution in [0.5, 0.6) is 0 Å². The first-order valence-electron chi connectivity index (χ1n) is 14.6. The van der Waals surface area contributed by atoms with Gasteiger partial charge in [-0.25, -0.2) is 4.79 Å². The van der Waals surface area contributed by atoms with Crippen LogP contribution in [0.25, 0.3) is 0 Å². The average molecular weight is 592 g/mol. The normalized spacial score (nSPS) is 23.0. The summed E-state index contributed by atoms with van der Waals surface area (Å²) >= 11 is 0. The summed E-state index contributed by atoms with van der Waals surface area (Å²) in [6.45, 7) is 5.89. The Morgan fingerprint density at radius 3 is 2.40 bits per heavy atom. The predicted octanol–water partition coefficient (Wildman–Crippen LogP) is 4.62. The van der Waals surface area contributed by atoms with E-state index in [1.807, 2.05) is 30.4 Å².